The first-order chi connectivity index (χ1) is 33.0. The summed E-state index contributed by atoms with van der Waals surface area (Å²) in [7, 11) is 1.55. The highest BCUT2D eigenvalue weighted by molar-refractivity contribution is 7.47. The summed E-state index contributed by atoms with van der Waals surface area (Å²) >= 11 is 0. The summed E-state index contributed by atoms with van der Waals surface area (Å²) in [5.41, 5.74) is 0. The fourth-order valence-electron chi connectivity index (χ4n) is 8.73. The second-order valence-corrected chi connectivity index (χ2v) is 22.8. The highest BCUT2D eigenvalue weighted by atomic mass is 31.2. The lowest BCUT2D eigenvalue weighted by Crippen LogP contribution is -2.45. The molecule has 3 unspecified atom stereocenters. The Bertz CT molecular complexity index is 1200. The third-order valence-corrected chi connectivity index (χ3v) is 14.3. The molecule has 3 atom stereocenters. The van der Waals surface area contributed by atoms with Gasteiger partial charge in [-0.3, -0.25) is 13.8 Å². The maximum Gasteiger partial charge on any atom is 0.472 e. The van der Waals surface area contributed by atoms with E-state index in [1.165, 1.54) is 212 Å². The number of aliphatic hydroxyl groups is 1. The van der Waals surface area contributed by atoms with Crippen LogP contribution >= 0.6 is 7.82 Å². The van der Waals surface area contributed by atoms with Gasteiger partial charge in [0.25, 0.3) is 0 Å². The van der Waals surface area contributed by atoms with Crippen LogP contribution < -0.4 is 5.32 Å². The molecule has 0 aromatic heterocycles. The van der Waals surface area contributed by atoms with Gasteiger partial charge >= 0.3 is 7.82 Å². The maximum atomic E-state index is 12.9. The number of allylic oxidation sites excluding steroid dienone is 5. The van der Waals surface area contributed by atoms with Gasteiger partial charge in [-0.1, -0.05) is 275 Å². The Hall–Kier alpha value is -1.28. The van der Waals surface area contributed by atoms with Gasteiger partial charge in [0.05, 0.1) is 39.9 Å². The van der Waals surface area contributed by atoms with E-state index in [-0.39, 0.29) is 19.1 Å². The van der Waals surface area contributed by atoms with Gasteiger partial charge in [0.15, 0.2) is 0 Å². The number of hydrogen-bond acceptors (Lipinski definition) is 5. The number of quaternary nitrogens is 1. The zero-order valence-electron chi connectivity index (χ0n) is 45.9. The van der Waals surface area contributed by atoms with E-state index in [9.17, 15) is 19.4 Å². The number of unbranched alkanes of at least 4 members (excludes halogenated alkanes) is 37. The monoisotopic (exact) mass is 980 g/mol. The Kier molecular flexibility index (Phi) is 49.7. The van der Waals surface area contributed by atoms with E-state index in [4.69, 9.17) is 9.05 Å². The van der Waals surface area contributed by atoms with Crippen molar-refractivity contribution in [1.29, 1.82) is 0 Å². The molecule has 0 aromatic rings. The Morgan fingerprint density at radius 2 is 0.809 bits per heavy atom. The summed E-state index contributed by atoms with van der Waals surface area (Å²) < 4.78 is 23.6. The molecule has 0 bridgehead atoms. The van der Waals surface area contributed by atoms with Gasteiger partial charge in [-0.25, -0.2) is 4.57 Å². The Morgan fingerprint density at radius 3 is 1.15 bits per heavy atom. The summed E-state index contributed by atoms with van der Waals surface area (Å²) in [6.45, 7) is 4.73. The van der Waals surface area contributed by atoms with Crippen molar-refractivity contribution in [2.45, 2.75) is 296 Å². The minimum Gasteiger partial charge on any atom is -0.387 e. The molecule has 0 saturated heterocycles. The van der Waals surface area contributed by atoms with Crippen LogP contribution in [0.25, 0.3) is 0 Å². The van der Waals surface area contributed by atoms with E-state index in [2.05, 4.69) is 43.5 Å². The van der Waals surface area contributed by atoms with Gasteiger partial charge in [-0.05, 0) is 38.5 Å². The zero-order chi connectivity index (χ0) is 49.9. The lowest BCUT2D eigenvalue weighted by atomic mass is 10.0. The second kappa shape index (κ2) is 50.7. The first-order valence-electron chi connectivity index (χ1n) is 29.4. The molecule has 0 spiro atoms. The number of amides is 1. The van der Waals surface area contributed by atoms with E-state index in [1.807, 2.05) is 27.2 Å². The maximum absolute atomic E-state index is 12.9. The van der Waals surface area contributed by atoms with Crippen molar-refractivity contribution in [1.82, 2.24) is 5.32 Å². The Balaban J connectivity index is 3.89. The van der Waals surface area contributed by atoms with Crippen molar-refractivity contribution in [3.63, 3.8) is 0 Å². The number of likely N-dealkylation sites (N-methyl/N-ethyl adjacent to an activating group) is 1. The fourth-order valence-corrected chi connectivity index (χ4v) is 9.47. The molecule has 0 aliphatic heterocycles. The predicted octanol–water partition coefficient (Wildman–Crippen LogP) is 17.8. The number of rotatable bonds is 54. The van der Waals surface area contributed by atoms with E-state index in [0.717, 1.165) is 51.4 Å². The molecular weight excluding hydrogens is 864 g/mol. The van der Waals surface area contributed by atoms with Crippen LogP contribution in [0.3, 0.4) is 0 Å². The smallest absolute Gasteiger partial charge is 0.387 e. The predicted molar refractivity (Wildman–Crippen MR) is 295 cm³/mol. The standard InChI is InChI=1S/C59H115N2O6P/c1-6-8-10-12-14-16-18-19-20-21-22-23-24-25-26-27-28-29-30-31-32-33-34-35-36-37-38-39-40-41-43-45-47-49-51-53-59(63)60-57(56-67-68(64,65)66-55-54-61(3,4)5)58(62)52-50-48-46-44-42-17-15-13-11-9-7-2/h11,13,42,44,50,52,57-58,62H,6-10,12,14-41,43,45-49,51,53-56H2,1-5H3,(H-,60,63,64,65)/p+1/b13-11+,44-42+,52-50+. The molecule has 0 aromatic carbocycles. The van der Waals surface area contributed by atoms with Crippen LogP contribution in [0.15, 0.2) is 36.5 Å². The Morgan fingerprint density at radius 1 is 0.485 bits per heavy atom. The molecule has 0 heterocycles. The third-order valence-electron chi connectivity index (χ3n) is 13.3. The molecule has 8 nitrogen and oxygen atoms in total. The minimum absolute atomic E-state index is 0.0546. The van der Waals surface area contributed by atoms with Gasteiger partial charge in [0.2, 0.25) is 5.91 Å². The molecule has 0 saturated carbocycles. The third kappa shape index (κ3) is 52.5. The Labute approximate surface area is 423 Å². The largest absolute Gasteiger partial charge is 0.472 e. The molecule has 402 valence electrons. The van der Waals surface area contributed by atoms with Gasteiger partial charge < -0.3 is 19.8 Å². The molecule has 3 N–H and O–H groups in total. The number of carbonyl (C=O) groups excluding carboxylic acids is 1. The van der Waals surface area contributed by atoms with Gasteiger partial charge in [0, 0.05) is 6.42 Å². The van der Waals surface area contributed by atoms with E-state index in [0.29, 0.717) is 17.4 Å². The fraction of sp³-hybridized carbons (Fsp3) is 0.881. The number of phosphoric acid groups is 1. The molecule has 0 aliphatic rings. The van der Waals surface area contributed by atoms with Crippen LogP contribution in [0, 0.1) is 0 Å². The summed E-state index contributed by atoms with van der Waals surface area (Å²) in [6, 6.07) is -0.866. The number of nitrogens with zero attached hydrogens (tertiary/aromatic N) is 1. The van der Waals surface area contributed by atoms with Crippen molar-refractivity contribution in [3.05, 3.63) is 36.5 Å². The van der Waals surface area contributed by atoms with E-state index < -0.39 is 20.0 Å². The summed E-state index contributed by atoms with van der Waals surface area (Å²) in [5, 5.41) is 13.8. The van der Waals surface area contributed by atoms with Gasteiger partial charge in [0.1, 0.15) is 13.2 Å². The van der Waals surface area contributed by atoms with Crippen LogP contribution in [-0.2, 0) is 18.4 Å². The summed E-state index contributed by atoms with van der Waals surface area (Å²) in [6.07, 6.45) is 65.8. The lowest BCUT2D eigenvalue weighted by molar-refractivity contribution is -0.870. The highest BCUT2D eigenvalue weighted by Gasteiger charge is 2.27. The average molecular weight is 981 g/mol. The molecule has 0 fully saturated rings. The molecule has 0 radical (unpaired) electrons. The van der Waals surface area contributed by atoms with Crippen molar-refractivity contribution in [2.24, 2.45) is 0 Å². The van der Waals surface area contributed by atoms with Crippen LogP contribution in [0.1, 0.15) is 284 Å². The first kappa shape index (κ1) is 66.7. The molecule has 0 rings (SSSR count). The average Bonchev–Trinajstić information content (AvgIpc) is 3.30. The lowest BCUT2D eigenvalue weighted by Gasteiger charge is -2.25. The number of hydrogen-bond donors (Lipinski definition) is 3. The molecular formula is C59H116N2O6P+. The SMILES string of the molecule is CCC/C=C/CC/C=C/CC/C=C/C(O)C(COP(=O)(O)OCC[N+](C)(C)C)NC(=O)CCCCCCCCCCCCCCCCCCCCCCCCCCCCCCCCCCCCC. The number of carbonyl (C=O) groups is 1. The number of phosphoric ester groups is 1. The molecule has 68 heavy (non-hydrogen) atoms. The topological polar surface area (TPSA) is 105 Å². The van der Waals surface area contributed by atoms with Gasteiger partial charge in [-0.15, -0.1) is 0 Å². The van der Waals surface area contributed by atoms with Crippen LogP contribution in [-0.4, -0.2) is 73.4 Å². The quantitative estimate of drug-likeness (QED) is 0.0243. The summed E-state index contributed by atoms with van der Waals surface area (Å²) in [4.78, 5) is 23.2. The number of nitrogens with one attached hydrogen (secondary N) is 1. The summed E-state index contributed by atoms with van der Waals surface area (Å²) in [5.74, 6) is -0.188. The van der Waals surface area contributed by atoms with Crippen LogP contribution in [0.2, 0.25) is 0 Å². The first-order valence-corrected chi connectivity index (χ1v) is 30.9. The van der Waals surface area contributed by atoms with E-state index >= 15 is 0 Å². The van der Waals surface area contributed by atoms with Crippen molar-refractivity contribution in [2.75, 3.05) is 40.9 Å². The van der Waals surface area contributed by atoms with Crippen LogP contribution in [0.5, 0.6) is 0 Å². The second-order valence-electron chi connectivity index (χ2n) is 21.4. The minimum atomic E-state index is -4.35. The van der Waals surface area contributed by atoms with E-state index in [1.54, 1.807) is 6.08 Å². The highest BCUT2D eigenvalue weighted by Crippen LogP contribution is 2.43. The molecule has 9 heteroatoms. The zero-order valence-corrected chi connectivity index (χ0v) is 46.8. The molecule has 0 aliphatic carbocycles. The van der Waals surface area contributed by atoms with Gasteiger partial charge in [-0.2, -0.15) is 0 Å². The van der Waals surface area contributed by atoms with Crippen molar-refractivity contribution < 1.29 is 32.9 Å². The molecule has 1 amide bonds. The number of aliphatic hydroxyl groups excluding tert-OH is 1. The van der Waals surface area contributed by atoms with Crippen molar-refractivity contribution >= 4 is 13.7 Å². The normalized spacial score (nSPS) is 14.2. The van der Waals surface area contributed by atoms with Crippen LogP contribution in [0.4, 0.5) is 0 Å². The van der Waals surface area contributed by atoms with Crippen molar-refractivity contribution in [3.8, 4) is 0 Å².